The van der Waals surface area contributed by atoms with Crippen LogP contribution in [0.3, 0.4) is 0 Å². The average molecular weight is 408 g/mol. The molecule has 0 saturated carbocycles. The molecule has 8 heteroatoms. The van der Waals surface area contributed by atoms with E-state index in [-0.39, 0.29) is 43.3 Å². The molecule has 1 fully saturated rings. The molecule has 1 saturated heterocycles. The van der Waals surface area contributed by atoms with Crippen molar-refractivity contribution in [1.29, 1.82) is 0 Å². The van der Waals surface area contributed by atoms with Gasteiger partial charge in [0.05, 0.1) is 6.54 Å². The number of hydrogen-bond acceptors (Lipinski definition) is 4. The number of rotatable bonds is 8. The molecular weight excluding hydrogens is 384 g/mol. The van der Waals surface area contributed by atoms with Crippen molar-refractivity contribution in [3.8, 4) is 0 Å². The van der Waals surface area contributed by atoms with Gasteiger partial charge in [0.2, 0.25) is 11.8 Å². The maximum Gasteiger partial charge on any atom is 0.251 e. The molecular formula is C22H24N4O4. The minimum absolute atomic E-state index is 0.0869. The lowest BCUT2D eigenvalue weighted by atomic mass is 10.2. The molecule has 0 atom stereocenters. The third-order valence-corrected chi connectivity index (χ3v) is 4.69. The summed E-state index contributed by atoms with van der Waals surface area (Å²) in [5.74, 6) is -0.848. The van der Waals surface area contributed by atoms with Crippen LogP contribution in [0.2, 0.25) is 0 Å². The Bertz CT molecular complexity index is 912. The fourth-order valence-corrected chi connectivity index (χ4v) is 3.11. The summed E-state index contributed by atoms with van der Waals surface area (Å²) in [4.78, 5) is 49.4. The van der Waals surface area contributed by atoms with Crippen LogP contribution in [0, 0.1) is 0 Å². The quantitative estimate of drug-likeness (QED) is 0.568. The minimum atomic E-state index is -0.373. The van der Waals surface area contributed by atoms with Crippen molar-refractivity contribution in [2.24, 2.45) is 0 Å². The molecule has 0 radical (unpaired) electrons. The molecule has 0 bridgehead atoms. The zero-order valence-corrected chi connectivity index (χ0v) is 16.5. The summed E-state index contributed by atoms with van der Waals surface area (Å²) >= 11 is 0. The highest BCUT2D eigenvalue weighted by molar-refractivity contribution is 5.98. The molecule has 1 heterocycles. The molecule has 2 aromatic rings. The molecule has 0 aliphatic carbocycles. The highest BCUT2D eigenvalue weighted by Crippen LogP contribution is 2.21. The summed E-state index contributed by atoms with van der Waals surface area (Å²) in [6.07, 6.45) is 1.39. The predicted molar refractivity (Wildman–Crippen MR) is 112 cm³/mol. The highest BCUT2D eigenvalue weighted by Gasteiger charge is 2.21. The van der Waals surface area contributed by atoms with Gasteiger partial charge in [-0.2, -0.15) is 0 Å². The van der Waals surface area contributed by atoms with Gasteiger partial charge in [-0.05, 0) is 42.8 Å². The van der Waals surface area contributed by atoms with Crippen molar-refractivity contribution in [2.45, 2.75) is 12.8 Å². The first-order valence-corrected chi connectivity index (χ1v) is 9.83. The maximum absolute atomic E-state index is 12.2. The Kier molecular flexibility index (Phi) is 7.15. The van der Waals surface area contributed by atoms with E-state index in [0.29, 0.717) is 24.1 Å². The van der Waals surface area contributed by atoms with E-state index in [0.717, 1.165) is 12.1 Å². The van der Waals surface area contributed by atoms with Crippen LogP contribution in [0.5, 0.6) is 0 Å². The summed E-state index contributed by atoms with van der Waals surface area (Å²) in [5.41, 5.74) is 1.73. The van der Waals surface area contributed by atoms with Crippen molar-refractivity contribution in [3.05, 3.63) is 65.7 Å². The summed E-state index contributed by atoms with van der Waals surface area (Å²) < 4.78 is 0. The van der Waals surface area contributed by atoms with Gasteiger partial charge < -0.3 is 20.9 Å². The molecule has 2 aromatic carbocycles. The molecule has 4 amide bonds. The Hall–Kier alpha value is -3.68. The van der Waals surface area contributed by atoms with Crippen LogP contribution < -0.4 is 20.9 Å². The fourth-order valence-electron chi connectivity index (χ4n) is 3.11. The van der Waals surface area contributed by atoms with Gasteiger partial charge in [0.1, 0.15) is 0 Å². The Morgan fingerprint density at radius 1 is 0.800 bits per heavy atom. The maximum atomic E-state index is 12.2. The molecule has 0 aromatic heterocycles. The first-order chi connectivity index (χ1) is 14.5. The van der Waals surface area contributed by atoms with Gasteiger partial charge in [0.15, 0.2) is 0 Å². The summed E-state index contributed by atoms with van der Waals surface area (Å²) in [6, 6.07) is 15.5. The Balaban J connectivity index is 1.35. The topological polar surface area (TPSA) is 108 Å². The predicted octanol–water partition coefficient (Wildman–Crippen LogP) is 1.09. The Morgan fingerprint density at radius 2 is 1.43 bits per heavy atom. The van der Waals surface area contributed by atoms with E-state index < -0.39 is 0 Å². The Labute approximate surface area is 174 Å². The number of nitrogens with zero attached hydrogens (tertiary/aromatic N) is 1. The van der Waals surface area contributed by atoms with Gasteiger partial charge in [-0.3, -0.25) is 19.2 Å². The molecule has 0 spiro atoms. The third kappa shape index (κ3) is 5.66. The van der Waals surface area contributed by atoms with Crippen molar-refractivity contribution >= 4 is 29.3 Å². The lowest BCUT2D eigenvalue weighted by molar-refractivity contribution is -0.120. The van der Waals surface area contributed by atoms with E-state index >= 15 is 0 Å². The molecule has 156 valence electrons. The van der Waals surface area contributed by atoms with Gasteiger partial charge in [-0.25, -0.2) is 0 Å². The van der Waals surface area contributed by atoms with Crippen molar-refractivity contribution < 1.29 is 19.2 Å². The third-order valence-electron chi connectivity index (χ3n) is 4.69. The van der Waals surface area contributed by atoms with Crippen LogP contribution in [0.4, 0.5) is 5.69 Å². The summed E-state index contributed by atoms with van der Waals surface area (Å²) in [7, 11) is 0. The first kappa shape index (κ1) is 21.0. The SMILES string of the molecule is O=C(CNC(=O)c1ccc(N2CCCC2=O)cc1)NCCNC(=O)c1ccccc1. The van der Waals surface area contributed by atoms with Gasteiger partial charge >= 0.3 is 0 Å². The highest BCUT2D eigenvalue weighted by atomic mass is 16.2. The van der Waals surface area contributed by atoms with E-state index in [2.05, 4.69) is 16.0 Å². The number of nitrogens with one attached hydrogen (secondary N) is 3. The van der Waals surface area contributed by atoms with Crippen molar-refractivity contribution in [2.75, 3.05) is 31.1 Å². The lowest BCUT2D eigenvalue weighted by Crippen LogP contribution is -2.40. The number of carbonyl (C=O) groups is 4. The number of carbonyl (C=O) groups excluding carboxylic acids is 4. The van der Waals surface area contributed by atoms with E-state index in [9.17, 15) is 19.2 Å². The molecule has 30 heavy (non-hydrogen) atoms. The number of anilines is 1. The van der Waals surface area contributed by atoms with Crippen LogP contribution in [-0.2, 0) is 9.59 Å². The smallest absolute Gasteiger partial charge is 0.251 e. The van der Waals surface area contributed by atoms with E-state index in [4.69, 9.17) is 0 Å². The minimum Gasteiger partial charge on any atom is -0.353 e. The molecule has 3 N–H and O–H groups in total. The largest absolute Gasteiger partial charge is 0.353 e. The van der Waals surface area contributed by atoms with Gasteiger partial charge in [-0.1, -0.05) is 18.2 Å². The second-order valence-electron chi connectivity index (χ2n) is 6.85. The van der Waals surface area contributed by atoms with Crippen molar-refractivity contribution in [3.63, 3.8) is 0 Å². The normalized spacial score (nSPS) is 13.1. The lowest BCUT2D eigenvalue weighted by Gasteiger charge is -2.15. The van der Waals surface area contributed by atoms with Crippen LogP contribution in [0.1, 0.15) is 33.6 Å². The molecule has 1 aliphatic heterocycles. The zero-order chi connectivity index (χ0) is 21.3. The second-order valence-corrected chi connectivity index (χ2v) is 6.85. The summed E-state index contributed by atoms with van der Waals surface area (Å²) in [5, 5.41) is 7.90. The van der Waals surface area contributed by atoms with Gasteiger partial charge in [-0.15, -0.1) is 0 Å². The number of amides is 4. The standard InChI is InChI=1S/C22H24N4O4/c27-19(23-12-13-24-21(29)16-5-2-1-3-6-16)15-25-22(30)17-8-10-18(11-9-17)26-14-4-7-20(26)28/h1-3,5-6,8-11H,4,7,12-15H2,(H,23,27)(H,24,29)(H,25,30). The van der Waals surface area contributed by atoms with Gasteiger partial charge in [0.25, 0.3) is 11.8 Å². The van der Waals surface area contributed by atoms with Gasteiger partial charge in [0, 0.05) is 42.9 Å². The number of hydrogen-bond donors (Lipinski definition) is 3. The molecule has 8 nitrogen and oxygen atoms in total. The van der Waals surface area contributed by atoms with Crippen LogP contribution >= 0.6 is 0 Å². The molecule has 3 rings (SSSR count). The summed E-state index contributed by atoms with van der Waals surface area (Å²) in [6.45, 7) is 1.06. The number of benzene rings is 2. The van der Waals surface area contributed by atoms with Crippen LogP contribution in [0.25, 0.3) is 0 Å². The fraction of sp³-hybridized carbons (Fsp3) is 0.273. The first-order valence-electron chi connectivity index (χ1n) is 9.83. The monoisotopic (exact) mass is 408 g/mol. The second kappa shape index (κ2) is 10.2. The zero-order valence-electron chi connectivity index (χ0n) is 16.5. The van der Waals surface area contributed by atoms with Crippen LogP contribution in [-0.4, -0.2) is 49.8 Å². The van der Waals surface area contributed by atoms with E-state index in [1.54, 1.807) is 53.4 Å². The van der Waals surface area contributed by atoms with E-state index in [1.807, 2.05) is 6.07 Å². The van der Waals surface area contributed by atoms with Crippen molar-refractivity contribution in [1.82, 2.24) is 16.0 Å². The molecule has 0 unspecified atom stereocenters. The molecule has 1 aliphatic rings. The Morgan fingerprint density at radius 3 is 2.10 bits per heavy atom. The van der Waals surface area contributed by atoms with E-state index in [1.165, 1.54) is 0 Å². The van der Waals surface area contributed by atoms with Crippen LogP contribution in [0.15, 0.2) is 54.6 Å². The average Bonchev–Trinajstić information content (AvgIpc) is 3.21.